The molecule has 1 aliphatic heterocycles. The van der Waals surface area contributed by atoms with Gasteiger partial charge in [0.1, 0.15) is 11.3 Å². The van der Waals surface area contributed by atoms with Crippen molar-refractivity contribution in [3.8, 4) is 22.6 Å². The Morgan fingerprint density at radius 3 is 2.69 bits per heavy atom. The molecule has 2 heterocycles. The Morgan fingerprint density at radius 1 is 1.11 bits per heavy atom. The first kappa shape index (κ1) is 21.9. The summed E-state index contributed by atoms with van der Waals surface area (Å²) in [5.74, 6) is -1.52. The minimum atomic E-state index is -0.774. The zero-order chi connectivity index (χ0) is 24.3. The molecule has 3 aromatic carbocycles. The fraction of sp³-hybridized carbons (Fsp3) is 0.286. The Labute approximate surface area is 201 Å². The zero-order valence-corrected chi connectivity index (χ0v) is 19.2. The Balaban J connectivity index is 1.39. The summed E-state index contributed by atoms with van der Waals surface area (Å²) in [6.07, 6.45) is 1.95. The molecule has 1 saturated heterocycles. The second kappa shape index (κ2) is 8.27. The molecule has 1 N–H and O–H groups in total. The van der Waals surface area contributed by atoms with Crippen LogP contribution in [-0.2, 0) is 11.2 Å². The van der Waals surface area contributed by atoms with Crippen molar-refractivity contribution in [3.63, 3.8) is 0 Å². The molecule has 0 amide bonds. The monoisotopic (exact) mass is 474 g/mol. The lowest BCUT2D eigenvalue weighted by Crippen LogP contribution is -2.26. The van der Waals surface area contributed by atoms with Crippen molar-refractivity contribution in [1.82, 2.24) is 9.88 Å². The average molecular weight is 475 g/mol. The molecule has 0 saturated carbocycles. The highest BCUT2D eigenvalue weighted by Crippen LogP contribution is 2.43. The first-order valence-corrected chi connectivity index (χ1v) is 11.9. The molecule has 35 heavy (non-hydrogen) atoms. The number of hydrogen-bond acceptors (Lipinski definition) is 4. The number of fused-ring (bicyclic) bond motifs is 2. The molecule has 7 heteroatoms. The Kier molecular flexibility index (Phi) is 5.18. The molecule has 1 aliphatic carbocycles. The van der Waals surface area contributed by atoms with E-state index >= 15 is 4.39 Å². The molecule has 178 valence electrons. The van der Waals surface area contributed by atoms with Gasteiger partial charge < -0.3 is 9.52 Å². The minimum absolute atomic E-state index is 0.00792. The third-order valence-corrected chi connectivity index (χ3v) is 7.49. The summed E-state index contributed by atoms with van der Waals surface area (Å²) < 4.78 is 35.3. The van der Waals surface area contributed by atoms with Crippen LogP contribution in [0, 0.1) is 24.5 Å². The number of carboxylic acid groups (broad SMARTS) is 1. The highest BCUT2D eigenvalue weighted by molar-refractivity contribution is 5.82. The summed E-state index contributed by atoms with van der Waals surface area (Å²) in [5, 5.41) is 9.37. The van der Waals surface area contributed by atoms with Crippen LogP contribution in [-0.4, -0.2) is 34.0 Å². The van der Waals surface area contributed by atoms with Crippen LogP contribution in [0.4, 0.5) is 8.78 Å². The summed E-state index contributed by atoms with van der Waals surface area (Å²) >= 11 is 0. The van der Waals surface area contributed by atoms with Crippen LogP contribution in [0.3, 0.4) is 0 Å². The molecule has 0 spiro atoms. The Bertz CT molecular complexity index is 1480. The number of oxazole rings is 1. The van der Waals surface area contributed by atoms with Crippen molar-refractivity contribution in [2.45, 2.75) is 32.2 Å². The molecular formula is C28H24F2N2O3. The number of aromatic nitrogens is 1. The van der Waals surface area contributed by atoms with Gasteiger partial charge in [-0.25, -0.2) is 13.8 Å². The van der Waals surface area contributed by atoms with E-state index < -0.39 is 5.97 Å². The second-order valence-corrected chi connectivity index (χ2v) is 9.49. The van der Waals surface area contributed by atoms with Crippen molar-refractivity contribution < 1.29 is 23.1 Å². The van der Waals surface area contributed by atoms with Crippen molar-refractivity contribution in [3.05, 3.63) is 76.9 Å². The second-order valence-electron chi connectivity index (χ2n) is 9.49. The average Bonchev–Trinajstić information content (AvgIpc) is 3.57. The molecule has 1 fully saturated rings. The molecule has 0 bridgehead atoms. The summed E-state index contributed by atoms with van der Waals surface area (Å²) in [6, 6.07) is 13.9. The van der Waals surface area contributed by atoms with Crippen LogP contribution in [0.25, 0.3) is 33.7 Å². The normalized spacial score (nSPS) is 20.0. The first-order chi connectivity index (χ1) is 16.9. The van der Waals surface area contributed by atoms with Crippen LogP contribution in [0.2, 0.25) is 0 Å². The van der Waals surface area contributed by atoms with E-state index in [1.165, 1.54) is 12.1 Å². The minimum Gasteiger partial charge on any atom is -0.481 e. The number of aliphatic carboxylic acids is 1. The van der Waals surface area contributed by atoms with Crippen LogP contribution in [0.1, 0.15) is 35.6 Å². The van der Waals surface area contributed by atoms with Crippen LogP contribution < -0.4 is 0 Å². The van der Waals surface area contributed by atoms with E-state index in [0.717, 1.165) is 34.2 Å². The predicted molar refractivity (Wildman–Crippen MR) is 128 cm³/mol. The molecule has 2 aliphatic rings. The lowest BCUT2D eigenvalue weighted by molar-refractivity contribution is -0.141. The highest BCUT2D eigenvalue weighted by Gasteiger charge is 2.37. The zero-order valence-electron chi connectivity index (χ0n) is 19.2. The smallest absolute Gasteiger partial charge is 0.307 e. The van der Waals surface area contributed by atoms with Crippen molar-refractivity contribution in [2.24, 2.45) is 5.92 Å². The van der Waals surface area contributed by atoms with Gasteiger partial charge in [0.05, 0.1) is 5.92 Å². The molecule has 5 nitrogen and oxygen atoms in total. The number of carbonyl (C=O) groups is 1. The maximum absolute atomic E-state index is 15.6. The SMILES string of the molecule is Cc1c(-c2cccc(F)c2)cccc1-c1nc2cc3c(c(F)c2o1)CC[C@H]3N1CC[C@@H](C(=O)O)C1. The fourth-order valence-corrected chi connectivity index (χ4v) is 5.68. The molecule has 0 radical (unpaired) electrons. The van der Waals surface area contributed by atoms with E-state index in [2.05, 4.69) is 9.88 Å². The van der Waals surface area contributed by atoms with Gasteiger partial charge in [-0.2, -0.15) is 0 Å². The van der Waals surface area contributed by atoms with E-state index in [4.69, 9.17) is 4.42 Å². The molecule has 4 aromatic rings. The number of benzene rings is 3. The van der Waals surface area contributed by atoms with Crippen LogP contribution in [0.15, 0.2) is 52.9 Å². The highest BCUT2D eigenvalue weighted by atomic mass is 19.1. The largest absolute Gasteiger partial charge is 0.481 e. The van der Waals surface area contributed by atoms with Crippen LogP contribution in [0.5, 0.6) is 0 Å². The van der Waals surface area contributed by atoms with E-state index in [1.54, 1.807) is 6.07 Å². The van der Waals surface area contributed by atoms with Gasteiger partial charge >= 0.3 is 5.97 Å². The van der Waals surface area contributed by atoms with Crippen molar-refractivity contribution in [1.29, 1.82) is 0 Å². The number of halogens is 2. The van der Waals surface area contributed by atoms with Gasteiger partial charge in [0.15, 0.2) is 11.4 Å². The molecule has 1 aromatic heterocycles. The number of carboxylic acids is 1. The lowest BCUT2D eigenvalue weighted by Gasteiger charge is -2.24. The first-order valence-electron chi connectivity index (χ1n) is 11.9. The van der Waals surface area contributed by atoms with E-state index in [1.807, 2.05) is 37.3 Å². The number of nitrogens with zero attached hydrogens (tertiary/aromatic N) is 2. The van der Waals surface area contributed by atoms with Crippen molar-refractivity contribution in [2.75, 3.05) is 13.1 Å². The third-order valence-electron chi connectivity index (χ3n) is 7.49. The van der Waals surface area contributed by atoms with E-state index in [9.17, 15) is 14.3 Å². The van der Waals surface area contributed by atoms with Crippen LogP contribution >= 0.6 is 0 Å². The van der Waals surface area contributed by atoms with E-state index in [0.29, 0.717) is 42.9 Å². The third kappa shape index (κ3) is 3.62. The van der Waals surface area contributed by atoms with Gasteiger partial charge in [-0.1, -0.05) is 24.3 Å². The number of rotatable bonds is 4. The molecule has 6 rings (SSSR count). The van der Waals surface area contributed by atoms with Gasteiger partial charge in [0, 0.05) is 18.2 Å². The fourth-order valence-electron chi connectivity index (χ4n) is 5.68. The van der Waals surface area contributed by atoms with Crippen molar-refractivity contribution >= 4 is 17.1 Å². The molecule has 0 unspecified atom stereocenters. The maximum atomic E-state index is 15.6. The Morgan fingerprint density at radius 2 is 1.91 bits per heavy atom. The number of likely N-dealkylation sites (tertiary alicyclic amines) is 1. The maximum Gasteiger partial charge on any atom is 0.307 e. The van der Waals surface area contributed by atoms with Gasteiger partial charge in [-0.15, -0.1) is 0 Å². The molecule has 2 atom stereocenters. The predicted octanol–water partition coefficient (Wildman–Crippen LogP) is 6.14. The lowest BCUT2D eigenvalue weighted by atomic mass is 9.96. The van der Waals surface area contributed by atoms with Gasteiger partial charge in [0.2, 0.25) is 5.89 Å². The molecular weight excluding hydrogens is 450 g/mol. The quantitative estimate of drug-likeness (QED) is 0.385. The summed E-state index contributed by atoms with van der Waals surface area (Å²) in [5.41, 5.74) is 5.30. The summed E-state index contributed by atoms with van der Waals surface area (Å²) in [6.45, 7) is 3.09. The van der Waals surface area contributed by atoms with Gasteiger partial charge in [0.25, 0.3) is 0 Å². The summed E-state index contributed by atoms with van der Waals surface area (Å²) in [7, 11) is 0. The van der Waals surface area contributed by atoms with Gasteiger partial charge in [-0.05, 0) is 84.8 Å². The Hall–Kier alpha value is -3.58. The van der Waals surface area contributed by atoms with Gasteiger partial charge in [-0.3, -0.25) is 9.69 Å². The standard InChI is InChI=1S/C28H24F2N2O3/c1-15-19(16-4-2-5-18(29)12-16)6-3-7-20(15)27-31-23-13-22-21(25(30)26(23)35-27)8-9-24(22)32-11-10-17(14-32)28(33)34/h2-7,12-13,17,24H,8-11,14H2,1H3,(H,33,34)/t17-,24-/m1/s1. The topological polar surface area (TPSA) is 66.6 Å². The summed E-state index contributed by atoms with van der Waals surface area (Å²) in [4.78, 5) is 18.2. The number of hydrogen-bond donors (Lipinski definition) is 1. The van der Waals surface area contributed by atoms with E-state index in [-0.39, 0.29) is 29.2 Å².